The highest BCUT2D eigenvalue weighted by Crippen LogP contribution is 2.38. The summed E-state index contributed by atoms with van der Waals surface area (Å²) in [7, 11) is 0. The van der Waals surface area contributed by atoms with E-state index in [2.05, 4.69) is 17.9 Å². The van der Waals surface area contributed by atoms with Crippen molar-refractivity contribution in [3.05, 3.63) is 80.7 Å². The number of furan rings is 1. The fourth-order valence-electron chi connectivity index (χ4n) is 5.23. The number of hydrogen-bond donors (Lipinski definition) is 0. The summed E-state index contributed by atoms with van der Waals surface area (Å²) in [5.41, 5.74) is 2.19. The largest absolute Gasteiger partial charge is 0.449 e. The van der Waals surface area contributed by atoms with Crippen molar-refractivity contribution in [2.75, 3.05) is 24.5 Å². The van der Waals surface area contributed by atoms with E-state index in [4.69, 9.17) is 44.2 Å². The molecule has 3 aromatic rings. The van der Waals surface area contributed by atoms with Crippen molar-refractivity contribution in [3.8, 4) is 0 Å². The number of carbonyl (C=O) groups excluding carboxylic acids is 1. The average molecular weight is 519 g/mol. The number of likely N-dealkylation sites (tertiary alicyclic amines) is 1. The molecule has 0 spiro atoms. The molecule has 2 aliphatic rings. The molecule has 1 aromatic carbocycles. The first-order valence-electron chi connectivity index (χ1n) is 11.6. The van der Waals surface area contributed by atoms with E-state index in [-0.39, 0.29) is 29.5 Å². The average Bonchev–Trinajstić information content (AvgIpc) is 3.51. The van der Waals surface area contributed by atoms with Gasteiger partial charge in [0, 0.05) is 48.6 Å². The second-order valence-corrected chi connectivity index (χ2v) is 10.4. The molecule has 3 unspecified atom stereocenters. The SMILES string of the molecule is CC1CC(c2nc(C(=O)N3CCC(c4cccc(Cl)c4)C3)c(Cl)cc2Cl)CCN1c1ccco1. The number of aromatic nitrogens is 1. The summed E-state index contributed by atoms with van der Waals surface area (Å²) in [6.45, 7) is 4.28. The molecule has 8 heteroatoms. The zero-order valence-corrected chi connectivity index (χ0v) is 21.2. The van der Waals surface area contributed by atoms with Crippen LogP contribution in [0.5, 0.6) is 0 Å². The van der Waals surface area contributed by atoms with Crippen LogP contribution in [0.15, 0.2) is 53.1 Å². The Labute approximate surface area is 214 Å². The van der Waals surface area contributed by atoms with Gasteiger partial charge in [0.15, 0.2) is 5.88 Å². The molecule has 4 heterocycles. The number of rotatable bonds is 4. The highest BCUT2D eigenvalue weighted by atomic mass is 35.5. The Morgan fingerprint density at radius 1 is 1.03 bits per heavy atom. The summed E-state index contributed by atoms with van der Waals surface area (Å²) in [6, 6.07) is 13.7. The molecule has 178 valence electrons. The number of anilines is 1. The normalized spacial score (nSPS) is 22.9. The fourth-order valence-corrected chi connectivity index (χ4v) is 6.02. The lowest BCUT2D eigenvalue weighted by Crippen LogP contribution is -2.40. The van der Waals surface area contributed by atoms with Gasteiger partial charge in [-0.25, -0.2) is 4.98 Å². The zero-order chi connectivity index (χ0) is 23.8. The second kappa shape index (κ2) is 9.80. The van der Waals surface area contributed by atoms with Crippen LogP contribution >= 0.6 is 34.8 Å². The molecule has 0 saturated carbocycles. The van der Waals surface area contributed by atoms with E-state index in [0.717, 1.165) is 42.9 Å². The van der Waals surface area contributed by atoms with Gasteiger partial charge in [-0.2, -0.15) is 0 Å². The molecule has 0 aliphatic carbocycles. The Balaban J connectivity index is 1.33. The minimum atomic E-state index is -0.145. The summed E-state index contributed by atoms with van der Waals surface area (Å²) in [4.78, 5) is 22.3. The highest BCUT2D eigenvalue weighted by Gasteiger charge is 2.33. The van der Waals surface area contributed by atoms with Crippen molar-refractivity contribution in [1.29, 1.82) is 0 Å². The van der Waals surface area contributed by atoms with Crippen LogP contribution in [0.3, 0.4) is 0 Å². The van der Waals surface area contributed by atoms with Gasteiger partial charge >= 0.3 is 0 Å². The Hall–Kier alpha value is -2.21. The van der Waals surface area contributed by atoms with E-state index in [9.17, 15) is 4.79 Å². The highest BCUT2D eigenvalue weighted by molar-refractivity contribution is 6.36. The predicted molar refractivity (Wildman–Crippen MR) is 136 cm³/mol. The Kier molecular flexibility index (Phi) is 6.79. The summed E-state index contributed by atoms with van der Waals surface area (Å²) < 4.78 is 5.59. The molecule has 2 saturated heterocycles. The molecule has 5 rings (SSSR count). The van der Waals surface area contributed by atoms with E-state index in [1.165, 1.54) is 0 Å². The number of carbonyl (C=O) groups is 1. The monoisotopic (exact) mass is 517 g/mol. The van der Waals surface area contributed by atoms with Crippen LogP contribution in [-0.2, 0) is 0 Å². The standard InChI is InChI=1S/C26H26Cl3N3O2/c1-16-12-18(8-10-32(16)23-6-3-11-34-23)24-21(28)14-22(29)25(30-24)26(33)31-9-7-19(15-31)17-4-2-5-20(27)13-17/h2-6,11,13-14,16,18-19H,7-10,12,15H2,1H3. The van der Waals surface area contributed by atoms with E-state index in [0.29, 0.717) is 28.2 Å². The second-order valence-electron chi connectivity index (χ2n) is 9.19. The lowest BCUT2D eigenvalue weighted by Gasteiger charge is -2.37. The topological polar surface area (TPSA) is 49.6 Å². The Bertz CT molecular complexity index is 1180. The van der Waals surface area contributed by atoms with Crippen LogP contribution in [0, 0.1) is 0 Å². The molecule has 5 nitrogen and oxygen atoms in total. The minimum absolute atomic E-state index is 0.145. The summed E-state index contributed by atoms with van der Waals surface area (Å²) in [5, 5.41) is 1.52. The third kappa shape index (κ3) is 4.66. The number of nitrogens with zero attached hydrogens (tertiary/aromatic N) is 3. The van der Waals surface area contributed by atoms with Gasteiger partial charge in [-0.05, 0) is 56.0 Å². The van der Waals surface area contributed by atoms with Crippen LogP contribution < -0.4 is 4.90 Å². The van der Waals surface area contributed by atoms with Crippen LogP contribution in [-0.4, -0.2) is 41.5 Å². The fraction of sp³-hybridized carbons (Fsp3) is 0.385. The molecule has 2 fully saturated rings. The maximum atomic E-state index is 13.4. The third-order valence-electron chi connectivity index (χ3n) is 7.01. The van der Waals surface area contributed by atoms with Crippen LogP contribution in [0.1, 0.15) is 59.8 Å². The van der Waals surface area contributed by atoms with Crippen molar-refractivity contribution in [2.24, 2.45) is 0 Å². The molecule has 0 bridgehead atoms. The first kappa shape index (κ1) is 23.5. The van der Waals surface area contributed by atoms with Crippen LogP contribution in [0.2, 0.25) is 15.1 Å². The van der Waals surface area contributed by atoms with Gasteiger partial charge in [0.05, 0.1) is 22.0 Å². The Morgan fingerprint density at radius 3 is 2.59 bits per heavy atom. The van der Waals surface area contributed by atoms with Gasteiger partial charge < -0.3 is 14.2 Å². The third-order valence-corrected chi connectivity index (χ3v) is 7.83. The molecule has 0 radical (unpaired) electrons. The van der Waals surface area contributed by atoms with Gasteiger partial charge in [-0.15, -0.1) is 0 Å². The number of pyridine rings is 1. The molecular weight excluding hydrogens is 493 g/mol. The molecule has 2 aliphatic heterocycles. The molecule has 1 amide bonds. The summed E-state index contributed by atoms with van der Waals surface area (Å²) in [6.07, 6.45) is 4.31. The first-order chi connectivity index (χ1) is 16.4. The van der Waals surface area contributed by atoms with E-state index >= 15 is 0 Å². The lowest BCUT2D eigenvalue weighted by molar-refractivity contribution is 0.0785. The van der Waals surface area contributed by atoms with Gasteiger partial charge in [0.25, 0.3) is 5.91 Å². The van der Waals surface area contributed by atoms with Crippen molar-refractivity contribution in [1.82, 2.24) is 9.88 Å². The van der Waals surface area contributed by atoms with Gasteiger partial charge in [0.2, 0.25) is 0 Å². The summed E-state index contributed by atoms with van der Waals surface area (Å²) in [5.74, 6) is 1.13. The van der Waals surface area contributed by atoms with Crippen LogP contribution in [0.4, 0.5) is 5.88 Å². The lowest BCUT2D eigenvalue weighted by atomic mass is 9.88. The van der Waals surface area contributed by atoms with Crippen molar-refractivity contribution in [3.63, 3.8) is 0 Å². The zero-order valence-electron chi connectivity index (χ0n) is 18.9. The summed E-state index contributed by atoms with van der Waals surface area (Å²) >= 11 is 19.2. The first-order valence-corrected chi connectivity index (χ1v) is 12.7. The number of halogens is 3. The smallest absolute Gasteiger partial charge is 0.274 e. The van der Waals surface area contributed by atoms with Gasteiger partial charge in [0.1, 0.15) is 5.69 Å². The maximum absolute atomic E-state index is 13.4. The maximum Gasteiger partial charge on any atom is 0.274 e. The van der Waals surface area contributed by atoms with Crippen molar-refractivity contribution in [2.45, 2.75) is 44.1 Å². The van der Waals surface area contributed by atoms with Crippen molar-refractivity contribution < 1.29 is 9.21 Å². The number of piperidine rings is 1. The molecule has 0 N–H and O–H groups in total. The van der Waals surface area contributed by atoms with E-state index < -0.39 is 0 Å². The van der Waals surface area contributed by atoms with E-state index in [1.54, 1.807) is 12.3 Å². The number of amides is 1. The van der Waals surface area contributed by atoms with Crippen LogP contribution in [0.25, 0.3) is 0 Å². The van der Waals surface area contributed by atoms with Crippen molar-refractivity contribution >= 4 is 46.6 Å². The van der Waals surface area contributed by atoms with Gasteiger partial charge in [-0.1, -0.05) is 46.9 Å². The quantitative estimate of drug-likeness (QED) is 0.372. The Morgan fingerprint density at radius 2 is 1.85 bits per heavy atom. The minimum Gasteiger partial charge on any atom is -0.449 e. The number of benzene rings is 1. The molecule has 2 aromatic heterocycles. The number of hydrogen-bond acceptors (Lipinski definition) is 4. The van der Waals surface area contributed by atoms with E-state index in [1.807, 2.05) is 35.2 Å². The molecular formula is C26H26Cl3N3O2. The molecule has 3 atom stereocenters. The molecule has 34 heavy (non-hydrogen) atoms. The van der Waals surface area contributed by atoms with Gasteiger partial charge in [-0.3, -0.25) is 4.79 Å². The predicted octanol–water partition coefficient (Wildman–Crippen LogP) is 7.04.